The fourth-order valence-corrected chi connectivity index (χ4v) is 4.78. The molecule has 1 saturated heterocycles. The van der Waals surface area contributed by atoms with Crippen molar-refractivity contribution in [1.29, 1.82) is 0 Å². The largest absolute Gasteiger partial charge is 0.441 e. The Kier molecular flexibility index (Phi) is 4.25. The van der Waals surface area contributed by atoms with E-state index < -0.39 is 15.9 Å². The van der Waals surface area contributed by atoms with Crippen molar-refractivity contribution in [3.05, 3.63) is 24.1 Å². The summed E-state index contributed by atoms with van der Waals surface area (Å²) in [5.41, 5.74) is 2.20. The molecular weight excluding hydrogens is 330 g/mol. The Balaban J connectivity index is 1.68. The first-order chi connectivity index (χ1) is 11.2. The zero-order chi connectivity index (χ0) is 17.5. The normalized spacial score (nSPS) is 20.9. The molecular formula is C16H21N3O4S. The maximum Gasteiger partial charge on any atom is 0.244 e. The summed E-state index contributed by atoms with van der Waals surface area (Å²) in [6.45, 7) is 3.55. The third-order valence-corrected chi connectivity index (χ3v) is 6.10. The number of rotatable bonds is 4. The van der Waals surface area contributed by atoms with Gasteiger partial charge in [-0.15, -0.1) is 0 Å². The summed E-state index contributed by atoms with van der Waals surface area (Å²) >= 11 is 0. The number of nitrogens with one attached hydrogen (secondary N) is 1. The second kappa shape index (κ2) is 6.08. The van der Waals surface area contributed by atoms with Gasteiger partial charge in [0, 0.05) is 25.7 Å². The van der Waals surface area contributed by atoms with E-state index in [4.69, 9.17) is 4.42 Å². The van der Waals surface area contributed by atoms with Gasteiger partial charge in [0.15, 0.2) is 21.3 Å². The Bertz CT molecular complexity index is 875. The number of likely N-dealkylation sites (N-methyl/N-ethyl adjacent to an activating group) is 1. The van der Waals surface area contributed by atoms with E-state index in [0.717, 1.165) is 11.2 Å². The number of hydrogen-bond donors (Lipinski definition) is 1. The van der Waals surface area contributed by atoms with E-state index in [1.54, 1.807) is 25.8 Å². The molecule has 130 valence electrons. The molecule has 1 N–H and O–H groups in total. The molecule has 3 rings (SSSR count). The van der Waals surface area contributed by atoms with Crippen LogP contribution >= 0.6 is 0 Å². The van der Waals surface area contributed by atoms with Crippen molar-refractivity contribution in [1.82, 2.24) is 9.88 Å². The summed E-state index contributed by atoms with van der Waals surface area (Å²) in [7, 11) is -1.35. The van der Waals surface area contributed by atoms with Gasteiger partial charge in [-0.2, -0.15) is 0 Å². The molecule has 1 amide bonds. The number of carbonyl (C=O) groups is 1. The number of aryl methyl sites for hydroxylation is 1. The van der Waals surface area contributed by atoms with Crippen LogP contribution in [0.2, 0.25) is 0 Å². The van der Waals surface area contributed by atoms with E-state index in [1.165, 1.54) is 0 Å². The number of nitrogens with zero attached hydrogens (tertiary/aromatic N) is 2. The standard InChI is InChI=1S/C16H21N3O4S/c1-10(16(20)19(3)13-6-7-24(21,22)9-13)17-12-4-5-15-14(8-12)18-11(2)23-15/h4-5,8,10,13,17H,6-7,9H2,1-3H3. The summed E-state index contributed by atoms with van der Waals surface area (Å²) in [4.78, 5) is 18.4. The number of oxazole rings is 1. The molecule has 1 aromatic heterocycles. The zero-order valence-corrected chi connectivity index (χ0v) is 14.8. The van der Waals surface area contributed by atoms with Gasteiger partial charge in [-0.1, -0.05) is 0 Å². The molecule has 1 aliphatic rings. The van der Waals surface area contributed by atoms with Crippen molar-refractivity contribution in [2.75, 3.05) is 23.9 Å². The average Bonchev–Trinajstić information content (AvgIpc) is 3.06. The second-order valence-corrected chi connectivity index (χ2v) is 8.52. The number of benzene rings is 1. The molecule has 2 unspecified atom stereocenters. The van der Waals surface area contributed by atoms with Gasteiger partial charge in [0.2, 0.25) is 5.91 Å². The minimum atomic E-state index is -3.01. The van der Waals surface area contributed by atoms with Crippen LogP contribution in [-0.2, 0) is 14.6 Å². The monoisotopic (exact) mass is 351 g/mol. The van der Waals surface area contributed by atoms with Gasteiger partial charge in [0.05, 0.1) is 11.5 Å². The lowest BCUT2D eigenvalue weighted by Gasteiger charge is -2.27. The molecule has 2 aromatic rings. The van der Waals surface area contributed by atoms with E-state index >= 15 is 0 Å². The summed E-state index contributed by atoms with van der Waals surface area (Å²) in [6, 6.07) is 4.75. The molecule has 2 atom stereocenters. The second-order valence-electron chi connectivity index (χ2n) is 6.29. The summed E-state index contributed by atoms with van der Waals surface area (Å²) < 4.78 is 28.6. The van der Waals surface area contributed by atoms with Crippen LogP contribution in [0.1, 0.15) is 19.2 Å². The quantitative estimate of drug-likeness (QED) is 0.899. The Morgan fingerprint density at radius 3 is 2.88 bits per heavy atom. The predicted octanol–water partition coefficient (Wildman–Crippen LogP) is 1.58. The Morgan fingerprint density at radius 1 is 1.46 bits per heavy atom. The molecule has 1 aliphatic heterocycles. The van der Waals surface area contributed by atoms with Crippen molar-refractivity contribution >= 4 is 32.5 Å². The van der Waals surface area contributed by atoms with E-state index in [1.807, 2.05) is 18.2 Å². The molecule has 0 saturated carbocycles. The first-order valence-corrected chi connectivity index (χ1v) is 9.68. The van der Waals surface area contributed by atoms with E-state index in [2.05, 4.69) is 10.3 Å². The van der Waals surface area contributed by atoms with Crippen molar-refractivity contribution in [3.8, 4) is 0 Å². The molecule has 8 heteroatoms. The van der Waals surface area contributed by atoms with Gasteiger partial charge < -0.3 is 14.6 Å². The minimum Gasteiger partial charge on any atom is -0.441 e. The molecule has 7 nitrogen and oxygen atoms in total. The number of sulfone groups is 1. The molecule has 0 spiro atoms. The van der Waals surface area contributed by atoms with Crippen molar-refractivity contribution in [2.45, 2.75) is 32.4 Å². The van der Waals surface area contributed by atoms with Gasteiger partial charge in [0.25, 0.3) is 0 Å². The summed E-state index contributed by atoms with van der Waals surface area (Å²) in [5, 5.41) is 3.15. The highest BCUT2D eigenvalue weighted by molar-refractivity contribution is 7.91. The van der Waals surface area contributed by atoms with Crippen LogP contribution in [0.15, 0.2) is 22.6 Å². The van der Waals surface area contributed by atoms with Crippen LogP contribution in [0.3, 0.4) is 0 Å². The van der Waals surface area contributed by atoms with Crippen LogP contribution < -0.4 is 5.32 Å². The average molecular weight is 351 g/mol. The number of hydrogen-bond acceptors (Lipinski definition) is 6. The van der Waals surface area contributed by atoms with Crippen LogP contribution in [0.5, 0.6) is 0 Å². The molecule has 24 heavy (non-hydrogen) atoms. The van der Waals surface area contributed by atoms with Gasteiger partial charge in [-0.25, -0.2) is 13.4 Å². The van der Waals surface area contributed by atoms with Crippen molar-refractivity contribution in [2.24, 2.45) is 0 Å². The van der Waals surface area contributed by atoms with E-state index in [0.29, 0.717) is 17.9 Å². The van der Waals surface area contributed by atoms with Gasteiger partial charge in [0.1, 0.15) is 11.6 Å². The summed E-state index contributed by atoms with van der Waals surface area (Å²) in [5.74, 6) is 0.660. The first-order valence-electron chi connectivity index (χ1n) is 7.86. The van der Waals surface area contributed by atoms with Crippen LogP contribution in [-0.4, -0.2) is 54.8 Å². The molecule has 0 bridgehead atoms. The molecule has 0 radical (unpaired) electrons. The first kappa shape index (κ1) is 16.8. The lowest BCUT2D eigenvalue weighted by molar-refractivity contribution is -0.132. The highest BCUT2D eigenvalue weighted by Crippen LogP contribution is 2.21. The van der Waals surface area contributed by atoms with Gasteiger partial charge >= 0.3 is 0 Å². The zero-order valence-electron chi connectivity index (χ0n) is 13.9. The maximum atomic E-state index is 12.5. The third kappa shape index (κ3) is 3.38. The fourth-order valence-electron chi connectivity index (χ4n) is 3.01. The number of fused-ring (bicyclic) bond motifs is 1. The van der Waals surface area contributed by atoms with Crippen molar-refractivity contribution < 1.29 is 17.6 Å². The number of aromatic nitrogens is 1. The predicted molar refractivity (Wildman–Crippen MR) is 91.7 cm³/mol. The lowest BCUT2D eigenvalue weighted by Crippen LogP contribution is -2.45. The summed E-state index contributed by atoms with van der Waals surface area (Å²) in [6.07, 6.45) is 0.501. The third-order valence-electron chi connectivity index (χ3n) is 4.35. The van der Waals surface area contributed by atoms with Gasteiger partial charge in [-0.3, -0.25) is 4.79 Å². The number of carbonyl (C=O) groups excluding carboxylic acids is 1. The van der Waals surface area contributed by atoms with E-state index in [-0.39, 0.29) is 23.5 Å². The Labute approximate surface area is 141 Å². The SMILES string of the molecule is Cc1nc2cc(NC(C)C(=O)N(C)C3CCS(=O)(=O)C3)ccc2o1. The van der Waals surface area contributed by atoms with E-state index in [9.17, 15) is 13.2 Å². The van der Waals surface area contributed by atoms with Crippen LogP contribution in [0.25, 0.3) is 11.1 Å². The lowest BCUT2D eigenvalue weighted by atomic mass is 10.2. The molecule has 1 fully saturated rings. The smallest absolute Gasteiger partial charge is 0.244 e. The number of anilines is 1. The van der Waals surface area contributed by atoms with Gasteiger partial charge in [-0.05, 0) is 31.5 Å². The molecule has 1 aromatic carbocycles. The highest BCUT2D eigenvalue weighted by atomic mass is 32.2. The molecule has 0 aliphatic carbocycles. The van der Waals surface area contributed by atoms with Crippen LogP contribution in [0.4, 0.5) is 5.69 Å². The van der Waals surface area contributed by atoms with Crippen LogP contribution in [0, 0.1) is 6.92 Å². The Hall–Kier alpha value is -2.09. The maximum absolute atomic E-state index is 12.5. The number of amides is 1. The van der Waals surface area contributed by atoms with Crippen molar-refractivity contribution in [3.63, 3.8) is 0 Å². The Morgan fingerprint density at radius 2 is 2.21 bits per heavy atom. The topological polar surface area (TPSA) is 92.5 Å². The minimum absolute atomic E-state index is 0.0478. The fraction of sp³-hybridized carbons (Fsp3) is 0.500. The highest BCUT2D eigenvalue weighted by Gasteiger charge is 2.34. The molecule has 2 heterocycles.